The Hall–Kier alpha value is -2.32. The quantitative estimate of drug-likeness (QED) is 0.397. The van der Waals surface area contributed by atoms with E-state index in [1.807, 2.05) is 5.32 Å². The Morgan fingerprint density at radius 3 is 2.17 bits per heavy atom. The van der Waals surface area contributed by atoms with Crippen LogP contribution in [0, 0.1) is 5.92 Å². The van der Waals surface area contributed by atoms with Gasteiger partial charge in [0.2, 0.25) is 0 Å². The third-order valence-corrected chi connectivity index (χ3v) is 2.64. The molecule has 0 heterocycles. The minimum atomic E-state index is -1.61. The lowest BCUT2D eigenvalue weighted by Crippen LogP contribution is -2.50. The maximum atomic E-state index is 11.2. The molecule has 1 rings (SSSR count). The van der Waals surface area contributed by atoms with Gasteiger partial charge in [-0.2, -0.15) is 0 Å². The predicted octanol–water partition coefficient (Wildman–Crippen LogP) is -1.31. The summed E-state index contributed by atoms with van der Waals surface area (Å²) >= 11 is 0. The molecular weight excluding hydrogens is 248 g/mol. The molecule has 100 valence electrons. The van der Waals surface area contributed by atoms with Crippen molar-refractivity contribution in [3.8, 4) is 0 Å². The van der Waals surface area contributed by atoms with Crippen LogP contribution in [0.5, 0.6) is 0 Å². The first-order valence-electron chi connectivity index (χ1n) is 5.01. The zero-order valence-electron chi connectivity index (χ0n) is 9.17. The molecule has 2 atom stereocenters. The average Bonchev–Trinajstić information content (AvgIpc) is 2.88. The van der Waals surface area contributed by atoms with Crippen molar-refractivity contribution < 1.29 is 34.5 Å². The van der Waals surface area contributed by atoms with E-state index in [-0.39, 0.29) is 12.8 Å². The van der Waals surface area contributed by atoms with Crippen molar-refractivity contribution in [1.82, 2.24) is 10.6 Å². The number of urea groups is 1. The molecule has 1 aliphatic rings. The monoisotopic (exact) mass is 260 g/mol. The first kappa shape index (κ1) is 13.7. The maximum Gasteiger partial charge on any atom is 0.329 e. The van der Waals surface area contributed by atoms with Crippen LogP contribution in [-0.2, 0) is 14.4 Å². The average molecular weight is 260 g/mol. The van der Waals surface area contributed by atoms with Gasteiger partial charge in [0.25, 0.3) is 0 Å². The molecule has 9 heteroatoms. The summed E-state index contributed by atoms with van der Waals surface area (Å²) in [5, 5.41) is 29.9. The van der Waals surface area contributed by atoms with Gasteiger partial charge in [0.15, 0.2) is 0 Å². The number of aliphatic carboxylic acids is 3. The normalized spacial score (nSPS) is 25.0. The first-order valence-corrected chi connectivity index (χ1v) is 5.01. The lowest BCUT2D eigenvalue weighted by molar-refractivity contribution is -0.141. The maximum absolute atomic E-state index is 11.2. The van der Waals surface area contributed by atoms with Crippen LogP contribution in [0.3, 0.4) is 0 Å². The molecule has 1 aliphatic carbocycles. The number of carbonyl (C=O) groups is 4. The minimum Gasteiger partial charge on any atom is -0.481 e. The van der Waals surface area contributed by atoms with Crippen LogP contribution in [0.2, 0.25) is 0 Å². The van der Waals surface area contributed by atoms with Crippen LogP contribution in [0.25, 0.3) is 0 Å². The van der Waals surface area contributed by atoms with Crippen LogP contribution in [0.15, 0.2) is 0 Å². The largest absolute Gasteiger partial charge is 0.481 e. The number of carbonyl (C=O) groups excluding carboxylic acids is 1. The number of amides is 2. The highest BCUT2D eigenvalue weighted by atomic mass is 16.4. The van der Waals surface area contributed by atoms with Crippen molar-refractivity contribution in [3.05, 3.63) is 0 Å². The Balaban J connectivity index is 2.56. The van der Waals surface area contributed by atoms with Crippen molar-refractivity contribution >= 4 is 23.9 Å². The molecular formula is C9H12N2O7. The summed E-state index contributed by atoms with van der Waals surface area (Å²) in [4.78, 5) is 42.9. The molecule has 0 saturated heterocycles. The topological polar surface area (TPSA) is 153 Å². The minimum absolute atomic E-state index is 0.00905. The molecule has 0 aromatic carbocycles. The molecule has 0 spiro atoms. The fraction of sp³-hybridized carbons (Fsp3) is 0.556. The SMILES string of the molecule is O=C(O)CNC(=O)NC1(C(=O)O)CC1CC(=O)O. The highest BCUT2D eigenvalue weighted by Crippen LogP contribution is 2.46. The van der Waals surface area contributed by atoms with E-state index in [1.165, 1.54) is 0 Å². The van der Waals surface area contributed by atoms with Crippen LogP contribution in [-0.4, -0.2) is 51.3 Å². The van der Waals surface area contributed by atoms with Crippen molar-refractivity contribution in [2.45, 2.75) is 18.4 Å². The molecule has 2 unspecified atom stereocenters. The van der Waals surface area contributed by atoms with Crippen LogP contribution in [0.4, 0.5) is 4.79 Å². The van der Waals surface area contributed by atoms with Gasteiger partial charge in [-0.15, -0.1) is 0 Å². The van der Waals surface area contributed by atoms with E-state index in [1.54, 1.807) is 0 Å². The number of hydrogen-bond donors (Lipinski definition) is 5. The lowest BCUT2D eigenvalue weighted by atomic mass is 10.1. The second-order valence-corrected chi connectivity index (χ2v) is 3.98. The van der Waals surface area contributed by atoms with Gasteiger partial charge in [-0.05, 0) is 6.42 Å². The number of hydrogen-bond acceptors (Lipinski definition) is 4. The molecule has 0 radical (unpaired) electrons. The second-order valence-electron chi connectivity index (χ2n) is 3.98. The lowest BCUT2D eigenvalue weighted by Gasteiger charge is -2.14. The molecule has 1 fully saturated rings. The van der Waals surface area contributed by atoms with E-state index >= 15 is 0 Å². The summed E-state index contributed by atoms with van der Waals surface area (Å²) in [5.41, 5.74) is -1.61. The van der Waals surface area contributed by atoms with E-state index in [2.05, 4.69) is 5.32 Å². The smallest absolute Gasteiger partial charge is 0.329 e. The first-order chi connectivity index (χ1) is 8.28. The van der Waals surface area contributed by atoms with Gasteiger partial charge in [0.05, 0.1) is 6.42 Å². The van der Waals surface area contributed by atoms with E-state index in [4.69, 9.17) is 15.3 Å². The molecule has 18 heavy (non-hydrogen) atoms. The molecule has 9 nitrogen and oxygen atoms in total. The Kier molecular flexibility index (Phi) is 3.74. The van der Waals surface area contributed by atoms with E-state index < -0.39 is 41.9 Å². The van der Waals surface area contributed by atoms with Crippen molar-refractivity contribution in [1.29, 1.82) is 0 Å². The van der Waals surface area contributed by atoms with E-state index in [0.717, 1.165) is 0 Å². The Morgan fingerprint density at radius 1 is 1.11 bits per heavy atom. The predicted molar refractivity (Wildman–Crippen MR) is 54.9 cm³/mol. The summed E-state index contributed by atoms with van der Waals surface area (Å²) in [6, 6.07) is -0.951. The third kappa shape index (κ3) is 3.09. The van der Waals surface area contributed by atoms with Gasteiger partial charge in [-0.1, -0.05) is 0 Å². The zero-order chi connectivity index (χ0) is 13.9. The third-order valence-electron chi connectivity index (χ3n) is 2.64. The Bertz CT molecular complexity index is 408. The van der Waals surface area contributed by atoms with E-state index in [9.17, 15) is 19.2 Å². The molecule has 0 aromatic heterocycles. The standard InChI is InChI=1S/C9H12N2O7/c12-5(13)1-4-2-9(4,7(16)17)11-8(18)10-3-6(14)15/h4H,1-3H2,(H,12,13)(H,14,15)(H,16,17)(H2,10,11,18). The summed E-state index contributed by atoms with van der Waals surface area (Å²) in [6.07, 6.45) is -0.360. The molecule has 1 saturated carbocycles. The van der Waals surface area contributed by atoms with Crippen molar-refractivity contribution in [2.75, 3.05) is 6.54 Å². The molecule has 0 bridgehead atoms. The van der Waals surface area contributed by atoms with Gasteiger partial charge in [0.1, 0.15) is 12.1 Å². The van der Waals surface area contributed by atoms with E-state index in [0.29, 0.717) is 0 Å². The van der Waals surface area contributed by atoms with Crippen molar-refractivity contribution in [3.63, 3.8) is 0 Å². The number of nitrogens with one attached hydrogen (secondary N) is 2. The van der Waals surface area contributed by atoms with Crippen LogP contribution < -0.4 is 10.6 Å². The summed E-state index contributed by atoms with van der Waals surface area (Å²) in [6.45, 7) is -0.648. The molecule has 2 amide bonds. The summed E-state index contributed by atoms with van der Waals surface area (Å²) in [5.74, 6) is -4.45. The Morgan fingerprint density at radius 2 is 1.72 bits per heavy atom. The fourth-order valence-corrected chi connectivity index (χ4v) is 1.66. The molecule has 0 aromatic rings. The fourth-order valence-electron chi connectivity index (χ4n) is 1.66. The molecule has 0 aliphatic heterocycles. The van der Waals surface area contributed by atoms with Gasteiger partial charge < -0.3 is 26.0 Å². The van der Waals surface area contributed by atoms with Gasteiger partial charge in [-0.25, -0.2) is 9.59 Å². The van der Waals surface area contributed by atoms with Crippen molar-refractivity contribution in [2.24, 2.45) is 5.92 Å². The summed E-state index contributed by atoms with van der Waals surface area (Å²) < 4.78 is 0. The Labute approximate surface area is 101 Å². The number of rotatable bonds is 6. The van der Waals surface area contributed by atoms with Crippen LogP contribution >= 0.6 is 0 Å². The number of carboxylic acid groups (broad SMARTS) is 3. The summed E-state index contributed by atoms with van der Waals surface area (Å²) in [7, 11) is 0. The zero-order valence-corrected chi connectivity index (χ0v) is 9.17. The van der Waals surface area contributed by atoms with Gasteiger partial charge in [-0.3, -0.25) is 9.59 Å². The molecule has 5 N–H and O–H groups in total. The van der Waals surface area contributed by atoms with Gasteiger partial charge in [0, 0.05) is 5.92 Å². The highest BCUT2D eigenvalue weighted by molar-refractivity contribution is 5.91. The second kappa shape index (κ2) is 4.90. The highest BCUT2D eigenvalue weighted by Gasteiger charge is 2.62. The van der Waals surface area contributed by atoms with Crippen LogP contribution in [0.1, 0.15) is 12.8 Å². The van der Waals surface area contributed by atoms with Gasteiger partial charge >= 0.3 is 23.9 Å². The number of carboxylic acids is 3.